The smallest absolute Gasteiger partial charge is 0.303 e. The van der Waals surface area contributed by atoms with E-state index in [0.29, 0.717) is 11.8 Å². The summed E-state index contributed by atoms with van der Waals surface area (Å²) >= 11 is 0. The van der Waals surface area contributed by atoms with Gasteiger partial charge in [-0.2, -0.15) is 0 Å². The van der Waals surface area contributed by atoms with Gasteiger partial charge in [-0.15, -0.1) is 0 Å². The van der Waals surface area contributed by atoms with Crippen LogP contribution in [0.4, 0.5) is 0 Å². The Morgan fingerprint density at radius 3 is 2.89 bits per heavy atom. The normalized spacial score (nSPS) is 18.2. The lowest BCUT2D eigenvalue weighted by Crippen LogP contribution is -2.41. The Labute approximate surface area is 207 Å². The molecule has 1 fully saturated rings. The maximum Gasteiger partial charge on any atom is 0.303 e. The van der Waals surface area contributed by atoms with Gasteiger partial charge in [0.2, 0.25) is 0 Å². The molecule has 1 N–H and O–H groups in total. The molecule has 0 spiro atoms. The lowest BCUT2D eigenvalue weighted by molar-refractivity contribution is -0.137. The molecule has 0 unspecified atom stereocenters. The van der Waals surface area contributed by atoms with Crippen LogP contribution in [0.25, 0.3) is 10.9 Å². The molecule has 2 aromatic heterocycles. The number of nitrogens with zero attached hydrogens (tertiary/aromatic N) is 3. The van der Waals surface area contributed by atoms with Gasteiger partial charge in [-0.25, -0.2) is 0 Å². The van der Waals surface area contributed by atoms with Gasteiger partial charge in [-0.1, -0.05) is 11.8 Å². The van der Waals surface area contributed by atoms with Crippen molar-refractivity contribution in [2.75, 3.05) is 26.7 Å². The van der Waals surface area contributed by atoms with Crippen LogP contribution in [0.2, 0.25) is 0 Å². The molecule has 1 aliphatic heterocycles. The second-order valence-electron chi connectivity index (χ2n) is 9.59. The first kappa shape index (κ1) is 24.8. The Hall–Kier alpha value is -3.30. The summed E-state index contributed by atoms with van der Waals surface area (Å²) in [6, 6.07) is 10.2. The summed E-state index contributed by atoms with van der Waals surface area (Å²) in [5.41, 5.74) is 3.32. The molecule has 0 amide bonds. The highest BCUT2D eigenvalue weighted by molar-refractivity contribution is 5.83. The molecule has 0 bridgehead atoms. The molecule has 184 valence electrons. The van der Waals surface area contributed by atoms with Gasteiger partial charge in [0.15, 0.2) is 0 Å². The van der Waals surface area contributed by atoms with Gasteiger partial charge in [0.05, 0.1) is 19.2 Å². The Balaban J connectivity index is 1.35. The molecule has 0 aliphatic carbocycles. The highest BCUT2D eigenvalue weighted by Crippen LogP contribution is 2.32. The van der Waals surface area contributed by atoms with Gasteiger partial charge in [-0.3, -0.25) is 14.7 Å². The van der Waals surface area contributed by atoms with Gasteiger partial charge >= 0.3 is 5.97 Å². The largest absolute Gasteiger partial charge is 0.497 e. The fourth-order valence-electron chi connectivity index (χ4n) is 5.23. The number of carboxylic acids is 1. The van der Waals surface area contributed by atoms with E-state index in [4.69, 9.17) is 4.74 Å². The number of pyridine rings is 1. The zero-order valence-corrected chi connectivity index (χ0v) is 20.7. The maximum absolute atomic E-state index is 11.3. The van der Waals surface area contributed by atoms with Gasteiger partial charge in [0.1, 0.15) is 5.75 Å². The van der Waals surface area contributed by atoms with Crippen LogP contribution in [-0.4, -0.2) is 52.3 Å². The molecule has 0 radical (unpaired) electrons. The van der Waals surface area contributed by atoms with Crippen LogP contribution < -0.4 is 4.74 Å². The summed E-state index contributed by atoms with van der Waals surface area (Å²) in [4.78, 5) is 18.2. The number of rotatable bonds is 9. The third kappa shape index (κ3) is 6.86. The fourth-order valence-corrected chi connectivity index (χ4v) is 5.23. The summed E-state index contributed by atoms with van der Waals surface area (Å²) in [7, 11) is 3.69. The number of carboxylic acid groups (broad SMARTS) is 1. The number of ether oxygens (including phenoxy) is 1. The predicted octanol–water partition coefficient (Wildman–Crippen LogP) is 4.76. The number of fused-ring (bicyclic) bond motifs is 1. The van der Waals surface area contributed by atoms with Crippen molar-refractivity contribution in [3.63, 3.8) is 0 Å². The third-order valence-electron chi connectivity index (χ3n) is 7.13. The number of piperidine rings is 1. The molecule has 2 atom stereocenters. The van der Waals surface area contributed by atoms with Crippen molar-refractivity contribution >= 4 is 16.9 Å². The van der Waals surface area contributed by atoms with E-state index in [1.807, 2.05) is 48.4 Å². The number of aryl methyl sites for hydroxylation is 2. The SMILES string of the molecule is COc1ccc2nccc(CCC[C@@H]3CCN(CC#Cc4ccn(C)c4)C[C@@H]3CCC(=O)O)c2c1. The minimum Gasteiger partial charge on any atom is -0.497 e. The summed E-state index contributed by atoms with van der Waals surface area (Å²) in [6.45, 7) is 2.68. The van der Waals surface area contributed by atoms with Crippen LogP contribution in [0, 0.1) is 23.7 Å². The first-order valence-corrected chi connectivity index (χ1v) is 12.5. The minimum atomic E-state index is -0.707. The van der Waals surface area contributed by atoms with Crippen LogP contribution in [0.1, 0.15) is 43.2 Å². The van der Waals surface area contributed by atoms with Gasteiger partial charge < -0.3 is 14.4 Å². The summed E-state index contributed by atoms with van der Waals surface area (Å²) in [5.74, 6) is 7.64. The van der Waals surface area contributed by atoms with Crippen LogP contribution in [0.15, 0.2) is 48.9 Å². The second-order valence-corrected chi connectivity index (χ2v) is 9.59. The number of aromatic nitrogens is 2. The Morgan fingerprint density at radius 2 is 2.11 bits per heavy atom. The minimum absolute atomic E-state index is 0.236. The molecule has 35 heavy (non-hydrogen) atoms. The van der Waals surface area contributed by atoms with Crippen molar-refractivity contribution in [1.29, 1.82) is 0 Å². The molecule has 4 rings (SSSR count). The van der Waals surface area contributed by atoms with Crippen LogP contribution in [0.5, 0.6) is 5.75 Å². The van der Waals surface area contributed by atoms with E-state index in [2.05, 4.69) is 33.9 Å². The van der Waals surface area contributed by atoms with Crippen molar-refractivity contribution in [2.24, 2.45) is 18.9 Å². The number of benzene rings is 1. The molecule has 1 saturated heterocycles. The van der Waals surface area contributed by atoms with E-state index in [1.54, 1.807) is 7.11 Å². The van der Waals surface area contributed by atoms with Gasteiger partial charge in [0.25, 0.3) is 0 Å². The highest BCUT2D eigenvalue weighted by Gasteiger charge is 2.28. The number of methoxy groups -OCH3 is 1. The highest BCUT2D eigenvalue weighted by atomic mass is 16.5. The number of hydrogen-bond donors (Lipinski definition) is 1. The summed E-state index contributed by atoms with van der Waals surface area (Å²) in [6.07, 6.45) is 11.2. The lowest BCUT2D eigenvalue weighted by Gasteiger charge is -2.38. The van der Waals surface area contributed by atoms with E-state index in [0.717, 1.165) is 74.0 Å². The molecular weight excluding hydrogens is 438 g/mol. The average Bonchev–Trinajstić information content (AvgIpc) is 3.28. The Morgan fingerprint density at radius 1 is 1.23 bits per heavy atom. The van der Waals surface area contributed by atoms with Crippen molar-refractivity contribution in [3.05, 3.63) is 60.0 Å². The quantitative estimate of drug-likeness (QED) is 0.454. The van der Waals surface area contributed by atoms with Crippen LogP contribution >= 0.6 is 0 Å². The number of aliphatic carboxylic acids is 1. The summed E-state index contributed by atoms with van der Waals surface area (Å²) < 4.78 is 7.41. The van der Waals surface area contributed by atoms with Crippen molar-refractivity contribution < 1.29 is 14.6 Å². The van der Waals surface area contributed by atoms with E-state index in [1.165, 1.54) is 5.56 Å². The lowest BCUT2D eigenvalue weighted by atomic mass is 9.79. The number of hydrogen-bond acceptors (Lipinski definition) is 4. The standard InChI is InChI=1S/C29H35N3O3/c1-31-17-13-22(20-31)5-4-16-32-18-14-23(25(21-32)8-11-29(33)34)6-3-7-24-12-15-30-28-10-9-26(35-2)19-27(24)28/h9-10,12-13,15,17,19-20,23,25H,3,6-8,11,14,16,18,21H2,1-2H3,(H,33,34)/t23-,25+/m1/s1. The zero-order chi connectivity index (χ0) is 24.6. The van der Waals surface area contributed by atoms with E-state index in [-0.39, 0.29) is 6.42 Å². The molecule has 1 aromatic carbocycles. The molecule has 6 heteroatoms. The molecular formula is C29H35N3O3. The first-order chi connectivity index (χ1) is 17.0. The third-order valence-corrected chi connectivity index (χ3v) is 7.13. The van der Waals surface area contributed by atoms with Gasteiger partial charge in [0, 0.05) is 49.6 Å². The van der Waals surface area contributed by atoms with Crippen LogP contribution in [0.3, 0.4) is 0 Å². The van der Waals surface area contributed by atoms with Crippen LogP contribution in [-0.2, 0) is 18.3 Å². The number of carbonyl (C=O) groups is 1. The van der Waals surface area contributed by atoms with Crippen molar-refractivity contribution in [3.8, 4) is 17.6 Å². The molecule has 0 saturated carbocycles. The van der Waals surface area contributed by atoms with E-state index < -0.39 is 5.97 Å². The molecule has 1 aliphatic rings. The fraction of sp³-hybridized carbons (Fsp3) is 0.448. The molecule has 3 aromatic rings. The topological polar surface area (TPSA) is 67.6 Å². The van der Waals surface area contributed by atoms with E-state index >= 15 is 0 Å². The molecule has 3 heterocycles. The van der Waals surface area contributed by atoms with Gasteiger partial charge in [-0.05, 0) is 86.4 Å². The Kier molecular flexibility index (Phi) is 8.44. The first-order valence-electron chi connectivity index (χ1n) is 12.5. The summed E-state index contributed by atoms with van der Waals surface area (Å²) in [5, 5.41) is 10.4. The van der Waals surface area contributed by atoms with Crippen molar-refractivity contribution in [1.82, 2.24) is 14.5 Å². The Bertz CT molecular complexity index is 1210. The zero-order valence-electron chi connectivity index (χ0n) is 20.7. The molecule has 6 nitrogen and oxygen atoms in total. The maximum atomic E-state index is 11.3. The van der Waals surface area contributed by atoms with Crippen molar-refractivity contribution in [2.45, 2.75) is 38.5 Å². The predicted molar refractivity (Wildman–Crippen MR) is 138 cm³/mol. The second kappa shape index (κ2) is 11.9. The average molecular weight is 474 g/mol. The monoisotopic (exact) mass is 473 g/mol. The van der Waals surface area contributed by atoms with E-state index in [9.17, 15) is 9.90 Å². The number of likely N-dealkylation sites (tertiary alicyclic amines) is 1.